The predicted molar refractivity (Wildman–Crippen MR) is 86.7 cm³/mol. The normalized spacial score (nSPS) is 12.7. The zero-order chi connectivity index (χ0) is 17.4. The van der Waals surface area contributed by atoms with E-state index in [2.05, 4.69) is 0 Å². The molecule has 0 amide bonds. The van der Waals surface area contributed by atoms with Gasteiger partial charge in [0, 0.05) is 24.0 Å². The molecule has 5 heteroatoms. The number of hydrogen-bond donors (Lipinski definition) is 2. The minimum Gasteiger partial charge on any atom is -0.507 e. The lowest BCUT2D eigenvalue weighted by atomic mass is 9.81. The number of phenols is 2. The third-order valence-corrected chi connectivity index (χ3v) is 4.30. The molecule has 0 atom stereocenters. The summed E-state index contributed by atoms with van der Waals surface area (Å²) in [6.07, 6.45) is 0.770. The molecule has 3 rings (SSSR count). The van der Waals surface area contributed by atoms with Gasteiger partial charge in [-0.25, -0.2) is 0 Å². The topological polar surface area (TPSA) is 91.7 Å². The van der Waals surface area contributed by atoms with E-state index >= 15 is 0 Å². The quantitative estimate of drug-likeness (QED) is 0.720. The van der Waals surface area contributed by atoms with Gasteiger partial charge in [-0.05, 0) is 18.1 Å². The van der Waals surface area contributed by atoms with Crippen LogP contribution < -0.4 is 0 Å². The molecule has 122 valence electrons. The Hall–Kier alpha value is -2.95. The molecule has 0 radical (unpaired) electrons. The highest BCUT2D eigenvalue weighted by Gasteiger charge is 2.35. The van der Waals surface area contributed by atoms with E-state index in [4.69, 9.17) is 0 Å². The number of phenolic OH excluding ortho intramolecular Hbond substituents is 2. The van der Waals surface area contributed by atoms with E-state index in [1.807, 2.05) is 0 Å². The minimum atomic E-state index is -0.503. The van der Waals surface area contributed by atoms with Gasteiger partial charge in [-0.15, -0.1) is 0 Å². The number of carbonyl (C=O) groups is 3. The number of Topliss-reactive ketones (excluding diaryl/α,β-unsaturated/α-hetero) is 1. The lowest BCUT2D eigenvalue weighted by molar-refractivity contribution is -0.118. The lowest BCUT2D eigenvalue weighted by Crippen LogP contribution is -2.21. The summed E-state index contributed by atoms with van der Waals surface area (Å²) in [5, 5.41) is 20.7. The third kappa shape index (κ3) is 2.38. The van der Waals surface area contributed by atoms with Crippen molar-refractivity contribution in [3.8, 4) is 11.5 Å². The molecule has 0 heterocycles. The maximum atomic E-state index is 12.7. The van der Waals surface area contributed by atoms with E-state index < -0.39 is 11.6 Å². The second kappa shape index (κ2) is 5.92. The number of fused-ring (bicyclic) bond motifs is 2. The van der Waals surface area contributed by atoms with Crippen molar-refractivity contribution in [2.45, 2.75) is 26.2 Å². The molecule has 24 heavy (non-hydrogen) atoms. The highest BCUT2D eigenvalue weighted by Crippen LogP contribution is 2.40. The van der Waals surface area contributed by atoms with Gasteiger partial charge in [-0.2, -0.15) is 0 Å². The summed E-state index contributed by atoms with van der Waals surface area (Å²) in [5.41, 5.74) is 0.332. The fourth-order valence-electron chi connectivity index (χ4n) is 2.95. The van der Waals surface area contributed by atoms with Crippen molar-refractivity contribution in [1.29, 1.82) is 0 Å². The first-order chi connectivity index (χ1) is 11.5. The third-order valence-electron chi connectivity index (χ3n) is 4.30. The van der Waals surface area contributed by atoms with Crippen molar-refractivity contribution in [1.82, 2.24) is 0 Å². The van der Waals surface area contributed by atoms with E-state index in [9.17, 15) is 24.6 Å². The zero-order valence-electron chi connectivity index (χ0n) is 13.1. The monoisotopic (exact) mass is 324 g/mol. The van der Waals surface area contributed by atoms with Gasteiger partial charge >= 0.3 is 0 Å². The van der Waals surface area contributed by atoms with Crippen molar-refractivity contribution in [3.63, 3.8) is 0 Å². The molecule has 0 bridgehead atoms. The summed E-state index contributed by atoms with van der Waals surface area (Å²) >= 11 is 0. The van der Waals surface area contributed by atoms with Crippen LogP contribution in [-0.4, -0.2) is 27.6 Å². The molecule has 2 N–H and O–H groups in total. The summed E-state index contributed by atoms with van der Waals surface area (Å²) < 4.78 is 0. The Labute approximate surface area is 138 Å². The van der Waals surface area contributed by atoms with Crippen molar-refractivity contribution >= 4 is 17.3 Å². The van der Waals surface area contributed by atoms with Gasteiger partial charge < -0.3 is 10.2 Å². The van der Waals surface area contributed by atoms with Crippen LogP contribution in [0.2, 0.25) is 0 Å². The van der Waals surface area contributed by atoms with Crippen molar-refractivity contribution in [2.75, 3.05) is 0 Å². The van der Waals surface area contributed by atoms with Crippen LogP contribution >= 0.6 is 0 Å². The second-order valence-electron chi connectivity index (χ2n) is 5.75. The first-order valence-electron chi connectivity index (χ1n) is 7.73. The minimum absolute atomic E-state index is 0.0133. The summed E-state index contributed by atoms with van der Waals surface area (Å²) in [6, 6.07) is 7.56. The fourth-order valence-corrected chi connectivity index (χ4v) is 2.95. The first kappa shape index (κ1) is 15.9. The molecule has 0 saturated heterocycles. The number of carbonyl (C=O) groups excluding carboxylic acids is 3. The molecule has 0 unspecified atom stereocenters. The molecular weight excluding hydrogens is 308 g/mol. The maximum Gasteiger partial charge on any atom is 0.198 e. The smallest absolute Gasteiger partial charge is 0.198 e. The Kier molecular flexibility index (Phi) is 3.93. The molecule has 2 aromatic rings. The lowest BCUT2D eigenvalue weighted by Gasteiger charge is -2.21. The van der Waals surface area contributed by atoms with Crippen LogP contribution in [0, 0.1) is 0 Å². The average molecular weight is 324 g/mol. The molecule has 0 saturated carbocycles. The van der Waals surface area contributed by atoms with Gasteiger partial charge in [-0.1, -0.05) is 31.2 Å². The Morgan fingerprint density at radius 3 is 2.17 bits per heavy atom. The Bertz CT molecular complexity index is 880. The predicted octanol–water partition coefficient (Wildman–Crippen LogP) is 2.78. The van der Waals surface area contributed by atoms with Crippen LogP contribution in [0.25, 0.3) is 0 Å². The Morgan fingerprint density at radius 2 is 1.58 bits per heavy atom. The van der Waals surface area contributed by atoms with Crippen LogP contribution in [0.4, 0.5) is 0 Å². The van der Waals surface area contributed by atoms with E-state index in [1.54, 1.807) is 19.1 Å². The number of ketones is 3. The van der Waals surface area contributed by atoms with Gasteiger partial charge in [0.2, 0.25) is 0 Å². The summed E-state index contributed by atoms with van der Waals surface area (Å²) in [7, 11) is 0. The molecule has 0 aromatic heterocycles. The first-order valence-corrected chi connectivity index (χ1v) is 7.73. The van der Waals surface area contributed by atoms with E-state index in [-0.39, 0.29) is 57.9 Å². The number of benzene rings is 2. The zero-order valence-corrected chi connectivity index (χ0v) is 13.1. The van der Waals surface area contributed by atoms with E-state index in [0.717, 1.165) is 0 Å². The number of aryl methyl sites for hydroxylation is 1. The summed E-state index contributed by atoms with van der Waals surface area (Å²) in [4.78, 5) is 36.7. The van der Waals surface area contributed by atoms with E-state index in [1.165, 1.54) is 18.2 Å². The average Bonchev–Trinajstić information content (AvgIpc) is 2.59. The number of rotatable bonds is 4. The van der Waals surface area contributed by atoms with Crippen LogP contribution in [-0.2, 0) is 11.2 Å². The van der Waals surface area contributed by atoms with Gasteiger partial charge in [0.25, 0.3) is 0 Å². The van der Waals surface area contributed by atoms with Crippen molar-refractivity contribution in [3.05, 3.63) is 58.1 Å². The van der Waals surface area contributed by atoms with Gasteiger partial charge in [-0.3, -0.25) is 14.4 Å². The Morgan fingerprint density at radius 1 is 1.00 bits per heavy atom. The molecule has 2 aromatic carbocycles. The van der Waals surface area contributed by atoms with Gasteiger partial charge in [0.15, 0.2) is 11.6 Å². The SMILES string of the molecule is CCC(=O)CCc1cc(O)c2c(c1O)C(=O)c1ccccc1C2=O. The number of aromatic hydroxyl groups is 2. The Balaban J connectivity index is 2.13. The molecule has 1 aliphatic rings. The van der Waals surface area contributed by atoms with Crippen LogP contribution in [0.15, 0.2) is 30.3 Å². The van der Waals surface area contributed by atoms with Crippen molar-refractivity contribution < 1.29 is 24.6 Å². The van der Waals surface area contributed by atoms with Crippen LogP contribution in [0.3, 0.4) is 0 Å². The molecule has 1 aliphatic carbocycles. The highest BCUT2D eigenvalue weighted by molar-refractivity contribution is 6.30. The molecule has 0 fully saturated rings. The van der Waals surface area contributed by atoms with E-state index in [0.29, 0.717) is 6.42 Å². The standard InChI is InChI=1S/C19H16O5/c1-2-11(20)8-7-10-9-14(21)15-16(17(10)22)19(24)13-6-4-3-5-12(13)18(15)23/h3-6,9,21-22H,2,7-8H2,1H3. The molecule has 5 nitrogen and oxygen atoms in total. The van der Waals surface area contributed by atoms with Gasteiger partial charge in [0.05, 0.1) is 11.1 Å². The van der Waals surface area contributed by atoms with Crippen LogP contribution in [0.5, 0.6) is 11.5 Å². The maximum absolute atomic E-state index is 12.7. The van der Waals surface area contributed by atoms with Gasteiger partial charge in [0.1, 0.15) is 17.3 Å². The highest BCUT2D eigenvalue weighted by atomic mass is 16.3. The molecular formula is C19H16O5. The molecule has 0 aliphatic heterocycles. The fraction of sp³-hybridized carbons (Fsp3) is 0.211. The summed E-state index contributed by atoms with van der Waals surface area (Å²) in [5.74, 6) is -1.67. The second-order valence-corrected chi connectivity index (χ2v) is 5.75. The number of hydrogen-bond acceptors (Lipinski definition) is 5. The van der Waals surface area contributed by atoms with Crippen LogP contribution in [0.1, 0.15) is 57.2 Å². The summed E-state index contributed by atoms with van der Waals surface area (Å²) in [6.45, 7) is 1.74. The molecule has 0 spiro atoms. The van der Waals surface area contributed by atoms with Crippen molar-refractivity contribution in [2.24, 2.45) is 0 Å². The largest absolute Gasteiger partial charge is 0.507 e.